The van der Waals surface area contributed by atoms with Gasteiger partial charge in [0.2, 0.25) is 21.8 Å². The summed E-state index contributed by atoms with van der Waals surface area (Å²) in [6.07, 6.45) is -0.778. The molecule has 1 aromatic carbocycles. The van der Waals surface area contributed by atoms with E-state index in [-0.39, 0.29) is 10.6 Å². The van der Waals surface area contributed by atoms with Gasteiger partial charge >= 0.3 is 6.09 Å². The van der Waals surface area contributed by atoms with Crippen LogP contribution < -0.4 is 20.7 Å². The van der Waals surface area contributed by atoms with Crippen LogP contribution in [0.25, 0.3) is 0 Å². The van der Waals surface area contributed by atoms with Crippen molar-refractivity contribution in [1.82, 2.24) is 15.4 Å². The zero-order chi connectivity index (χ0) is 23.3. The van der Waals surface area contributed by atoms with Gasteiger partial charge in [0.1, 0.15) is 22.1 Å². The lowest BCUT2D eigenvalue weighted by molar-refractivity contribution is -0.125. The number of alkyl carbamates (subject to hydrolysis) is 1. The lowest BCUT2D eigenvalue weighted by Crippen LogP contribution is -2.53. The summed E-state index contributed by atoms with van der Waals surface area (Å²) in [6.45, 7) is 9.32. The van der Waals surface area contributed by atoms with Gasteiger partial charge in [-0.2, -0.15) is 4.72 Å². The minimum absolute atomic E-state index is 0.000505. The van der Waals surface area contributed by atoms with E-state index in [1.165, 1.54) is 46.0 Å². The number of benzene rings is 1. The van der Waals surface area contributed by atoms with Gasteiger partial charge < -0.3 is 20.7 Å². The van der Waals surface area contributed by atoms with Gasteiger partial charge in [-0.05, 0) is 53.7 Å². The Morgan fingerprint density at radius 1 is 1.03 bits per heavy atom. The van der Waals surface area contributed by atoms with Gasteiger partial charge in [0, 0.05) is 7.05 Å². The second-order valence-corrected chi connectivity index (χ2v) is 9.81. The average Bonchev–Trinajstić information content (AvgIpc) is 2.58. The van der Waals surface area contributed by atoms with Crippen LogP contribution in [0.1, 0.15) is 41.5 Å². The molecule has 0 fully saturated rings. The molecule has 0 aromatic heterocycles. The van der Waals surface area contributed by atoms with E-state index in [0.29, 0.717) is 0 Å². The lowest BCUT2D eigenvalue weighted by Gasteiger charge is -2.25. The first-order chi connectivity index (χ1) is 13.6. The number of rotatable bonds is 7. The van der Waals surface area contributed by atoms with Crippen LogP contribution in [0.3, 0.4) is 0 Å². The minimum Gasteiger partial charge on any atom is -0.444 e. The first-order valence-electron chi connectivity index (χ1n) is 9.24. The van der Waals surface area contributed by atoms with Gasteiger partial charge in [0.25, 0.3) is 0 Å². The summed E-state index contributed by atoms with van der Waals surface area (Å²) in [5.41, 5.74) is -2.15. The van der Waals surface area contributed by atoms with Crippen molar-refractivity contribution in [2.45, 2.75) is 63.6 Å². The predicted octanol–water partition coefficient (Wildman–Crippen LogP) is 1.34. The van der Waals surface area contributed by atoms with Crippen molar-refractivity contribution < 1.29 is 27.5 Å². The molecule has 30 heavy (non-hydrogen) atoms. The van der Waals surface area contributed by atoms with Gasteiger partial charge in [-0.3, -0.25) is 9.59 Å². The van der Waals surface area contributed by atoms with Crippen molar-refractivity contribution in [2.75, 3.05) is 12.4 Å². The van der Waals surface area contributed by atoms with E-state index in [2.05, 4.69) is 20.7 Å². The molecule has 0 spiro atoms. The highest BCUT2D eigenvalue weighted by atomic mass is 32.2. The molecule has 0 saturated heterocycles. The van der Waals surface area contributed by atoms with Crippen LogP contribution in [0.15, 0.2) is 29.2 Å². The largest absolute Gasteiger partial charge is 0.444 e. The Balaban J connectivity index is 3.02. The van der Waals surface area contributed by atoms with Crippen LogP contribution in [0, 0.1) is 0 Å². The van der Waals surface area contributed by atoms with Crippen molar-refractivity contribution in [2.24, 2.45) is 0 Å². The van der Waals surface area contributed by atoms with E-state index >= 15 is 0 Å². The Bertz CT molecular complexity index is 906. The summed E-state index contributed by atoms with van der Waals surface area (Å²) < 4.78 is 33.1. The van der Waals surface area contributed by atoms with Crippen LogP contribution in [0.5, 0.6) is 0 Å². The third-order valence-electron chi connectivity index (χ3n) is 3.75. The van der Waals surface area contributed by atoms with Crippen LogP contribution in [-0.4, -0.2) is 50.6 Å². The molecule has 0 aliphatic rings. The van der Waals surface area contributed by atoms with Crippen molar-refractivity contribution in [1.29, 1.82) is 0 Å². The molecule has 0 aliphatic carbocycles. The zero-order valence-electron chi connectivity index (χ0n) is 18.2. The molecule has 0 bridgehead atoms. The highest BCUT2D eigenvalue weighted by molar-refractivity contribution is 7.89. The number of anilines is 1. The fourth-order valence-corrected chi connectivity index (χ4v) is 3.89. The lowest BCUT2D eigenvalue weighted by atomic mass is 10.1. The van der Waals surface area contributed by atoms with Crippen molar-refractivity contribution >= 4 is 33.6 Å². The summed E-state index contributed by atoms with van der Waals surface area (Å²) in [6, 6.07) is 4.73. The minimum atomic E-state index is -4.16. The number of carbonyl (C=O) groups excluding carboxylic acids is 3. The van der Waals surface area contributed by atoms with Gasteiger partial charge in [-0.15, -0.1) is 0 Å². The zero-order valence-corrected chi connectivity index (χ0v) is 19.1. The first kappa shape index (κ1) is 25.4. The molecule has 0 aliphatic heterocycles. The van der Waals surface area contributed by atoms with Crippen molar-refractivity contribution in [3.8, 4) is 0 Å². The van der Waals surface area contributed by atoms with E-state index in [1.807, 2.05) is 0 Å². The molecular formula is C19H30N4O6S. The molecule has 0 heterocycles. The maximum atomic E-state index is 12.8. The molecule has 11 heteroatoms. The van der Waals surface area contributed by atoms with Gasteiger partial charge in [0.15, 0.2) is 0 Å². The maximum Gasteiger partial charge on any atom is 0.408 e. The Morgan fingerprint density at radius 2 is 1.60 bits per heavy atom. The van der Waals surface area contributed by atoms with E-state index in [1.54, 1.807) is 26.8 Å². The number of nitrogens with one attached hydrogen (secondary N) is 4. The Hall–Kier alpha value is -2.66. The number of hydrogen-bond acceptors (Lipinski definition) is 6. The molecule has 0 radical (unpaired) electrons. The third-order valence-corrected chi connectivity index (χ3v) is 5.46. The number of carbonyl (C=O) groups is 3. The molecule has 0 unspecified atom stereocenters. The van der Waals surface area contributed by atoms with E-state index in [9.17, 15) is 22.8 Å². The Kier molecular flexibility index (Phi) is 7.98. The van der Waals surface area contributed by atoms with E-state index < -0.39 is 45.1 Å². The SMILES string of the molecule is CNC(=O)C(C)(C)NS(=O)(=O)c1ccccc1NC(=O)[C@H](C)NC(=O)OC(C)(C)C. The van der Waals surface area contributed by atoms with E-state index in [4.69, 9.17) is 4.74 Å². The quantitative estimate of drug-likeness (QED) is 0.502. The molecule has 1 rings (SSSR count). The maximum absolute atomic E-state index is 12.8. The predicted molar refractivity (Wildman–Crippen MR) is 112 cm³/mol. The number of hydrogen-bond donors (Lipinski definition) is 4. The van der Waals surface area contributed by atoms with Crippen LogP contribution in [-0.2, 0) is 24.3 Å². The number of ether oxygens (including phenoxy) is 1. The molecule has 4 N–H and O–H groups in total. The highest BCUT2D eigenvalue weighted by Gasteiger charge is 2.34. The smallest absolute Gasteiger partial charge is 0.408 e. The average molecular weight is 443 g/mol. The van der Waals surface area contributed by atoms with Gasteiger partial charge in [-0.1, -0.05) is 12.1 Å². The fraction of sp³-hybridized carbons (Fsp3) is 0.526. The second-order valence-electron chi connectivity index (χ2n) is 8.16. The molecule has 1 aromatic rings. The highest BCUT2D eigenvalue weighted by Crippen LogP contribution is 2.22. The topological polar surface area (TPSA) is 143 Å². The normalized spacial score (nSPS) is 13.2. The van der Waals surface area contributed by atoms with Crippen LogP contribution in [0.2, 0.25) is 0 Å². The Morgan fingerprint density at radius 3 is 2.13 bits per heavy atom. The summed E-state index contributed by atoms with van der Waals surface area (Å²) in [4.78, 5) is 36.0. The van der Waals surface area contributed by atoms with Gasteiger partial charge in [0.05, 0.1) is 5.69 Å². The molecule has 0 saturated carbocycles. The summed E-state index contributed by atoms with van der Waals surface area (Å²) >= 11 is 0. The molecular weight excluding hydrogens is 412 g/mol. The molecule has 3 amide bonds. The number of amides is 3. The standard InChI is InChI=1S/C19H30N4O6S/c1-12(21-17(26)29-18(2,3)4)15(24)22-13-10-8-9-11-14(13)30(27,28)23-19(5,6)16(25)20-7/h8-12,23H,1-7H3,(H,20,25)(H,21,26)(H,22,24)/t12-/m0/s1. The summed E-state index contributed by atoms with van der Waals surface area (Å²) in [5, 5.41) is 7.26. The monoisotopic (exact) mass is 442 g/mol. The molecule has 1 atom stereocenters. The second kappa shape index (κ2) is 9.43. The third kappa shape index (κ3) is 7.30. The van der Waals surface area contributed by atoms with Crippen molar-refractivity contribution in [3.05, 3.63) is 24.3 Å². The molecule has 168 valence electrons. The number of likely N-dealkylation sites (N-methyl/N-ethyl adjacent to an activating group) is 1. The van der Waals surface area contributed by atoms with Crippen LogP contribution >= 0.6 is 0 Å². The summed E-state index contributed by atoms with van der Waals surface area (Å²) in [5.74, 6) is -1.17. The Labute approximate surface area is 177 Å². The van der Waals surface area contributed by atoms with Crippen molar-refractivity contribution in [3.63, 3.8) is 0 Å². The number of para-hydroxylation sites is 1. The van der Waals surface area contributed by atoms with Gasteiger partial charge in [-0.25, -0.2) is 13.2 Å². The van der Waals surface area contributed by atoms with E-state index in [0.717, 1.165) is 0 Å². The first-order valence-corrected chi connectivity index (χ1v) is 10.7. The van der Waals surface area contributed by atoms with Crippen LogP contribution in [0.4, 0.5) is 10.5 Å². The summed E-state index contributed by atoms with van der Waals surface area (Å²) in [7, 11) is -2.77. The molecule has 10 nitrogen and oxygen atoms in total. The fourth-order valence-electron chi connectivity index (χ4n) is 2.34. The number of sulfonamides is 1.